The van der Waals surface area contributed by atoms with Crippen molar-refractivity contribution in [1.29, 1.82) is 5.26 Å². The second-order valence-corrected chi connectivity index (χ2v) is 7.94. The Kier molecular flexibility index (Phi) is 6.19. The normalized spacial score (nSPS) is 15.6. The zero-order chi connectivity index (χ0) is 20.1. The molecule has 1 aromatic heterocycles. The molecule has 1 aromatic carbocycles. The minimum Gasteiger partial charge on any atom is -0.494 e. The molecule has 148 valence electrons. The number of benzene rings is 1. The van der Waals surface area contributed by atoms with E-state index in [4.69, 9.17) is 4.74 Å². The third-order valence-electron chi connectivity index (χ3n) is 5.23. The van der Waals surface area contributed by atoms with E-state index in [0.717, 1.165) is 43.4 Å². The van der Waals surface area contributed by atoms with Crippen LogP contribution in [0.15, 0.2) is 23.4 Å². The van der Waals surface area contributed by atoms with Crippen molar-refractivity contribution in [2.45, 2.75) is 49.7 Å². The topological polar surface area (TPSA) is 96.9 Å². The number of carbonyl (C=O) groups excluding carboxylic acids is 1. The third kappa shape index (κ3) is 3.97. The highest BCUT2D eigenvalue weighted by Gasteiger charge is 2.38. The molecule has 0 aliphatic heterocycles. The van der Waals surface area contributed by atoms with Gasteiger partial charge >= 0.3 is 0 Å². The van der Waals surface area contributed by atoms with Gasteiger partial charge in [-0.25, -0.2) is 0 Å². The van der Waals surface area contributed by atoms with Crippen molar-refractivity contribution in [3.63, 3.8) is 0 Å². The van der Waals surface area contributed by atoms with Gasteiger partial charge in [0, 0.05) is 7.05 Å². The molecule has 1 amide bonds. The van der Waals surface area contributed by atoms with Gasteiger partial charge in [0.15, 0.2) is 0 Å². The zero-order valence-electron chi connectivity index (χ0n) is 16.4. The lowest BCUT2D eigenvalue weighted by atomic mass is 9.81. The van der Waals surface area contributed by atoms with Crippen molar-refractivity contribution >= 4 is 17.7 Å². The average Bonchev–Trinajstić information content (AvgIpc) is 3.20. The number of aryl methyl sites for hydroxylation is 1. The first kappa shape index (κ1) is 20.1. The molecule has 1 heterocycles. The molecular formula is C19H24N6O2S. The second-order valence-electron chi connectivity index (χ2n) is 6.99. The quantitative estimate of drug-likeness (QED) is 0.688. The Labute approximate surface area is 168 Å². The lowest BCUT2D eigenvalue weighted by Gasteiger charge is -2.39. The molecule has 0 radical (unpaired) electrons. The van der Waals surface area contributed by atoms with Crippen LogP contribution in [0.4, 0.5) is 0 Å². The standard InChI is InChI=1S/C19H24N6O2S/c1-14-7-8-16(27-3)15(11-14)25-18(21-22-23-25)28-12-17(26)24(2)19(13-20)9-5-4-6-10-19/h7-8,11H,4-6,9-10,12H2,1-3H3. The molecule has 1 saturated carbocycles. The minimum absolute atomic E-state index is 0.0980. The maximum atomic E-state index is 12.8. The molecule has 3 rings (SSSR count). The Hall–Kier alpha value is -2.60. The van der Waals surface area contributed by atoms with Crippen LogP contribution in [-0.2, 0) is 4.79 Å². The van der Waals surface area contributed by atoms with E-state index in [0.29, 0.717) is 10.9 Å². The van der Waals surface area contributed by atoms with Gasteiger partial charge in [-0.1, -0.05) is 37.1 Å². The van der Waals surface area contributed by atoms with Crippen LogP contribution in [0.25, 0.3) is 5.69 Å². The summed E-state index contributed by atoms with van der Waals surface area (Å²) in [5.74, 6) is 0.710. The maximum Gasteiger partial charge on any atom is 0.234 e. The van der Waals surface area contributed by atoms with Crippen molar-refractivity contribution in [3.8, 4) is 17.5 Å². The van der Waals surface area contributed by atoms with Crippen LogP contribution >= 0.6 is 11.8 Å². The van der Waals surface area contributed by atoms with E-state index in [1.54, 1.807) is 23.7 Å². The van der Waals surface area contributed by atoms with Gasteiger partial charge in [0.05, 0.1) is 18.9 Å². The first-order valence-corrected chi connectivity index (χ1v) is 10.2. The Morgan fingerprint density at radius 1 is 1.39 bits per heavy atom. The fourth-order valence-electron chi connectivity index (χ4n) is 3.51. The van der Waals surface area contributed by atoms with Gasteiger partial charge in [0.1, 0.15) is 17.0 Å². The number of nitrogens with zero attached hydrogens (tertiary/aromatic N) is 6. The van der Waals surface area contributed by atoms with E-state index < -0.39 is 5.54 Å². The highest BCUT2D eigenvalue weighted by molar-refractivity contribution is 7.99. The SMILES string of the molecule is COc1ccc(C)cc1-n1nnnc1SCC(=O)N(C)C1(C#N)CCCCC1. The second kappa shape index (κ2) is 8.61. The van der Waals surface area contributed by atoms with Gasteiger partial charge in [-0.05, 0) is 47.9 Å². The Balaban J connectivity index is 1.74. The van der Waals surface area contributed by atoms with E-state index in [2.05, 4.69) is 21.6 Å². The molecule has 0 atom stereocenters. The minimum atomic E-state index is -0.693. The van der Waals surface area contributed by atoms with Gasteiger partial charge in [-0.2, -0.15) is 9.94 Å². The van der Waals surface area contributed by atoms with Crippen LogP contribution in [0.3, 0.4) is 0 Å². The first-order valence-electron chi connectivity index (χ1n) is 9.25. The van der Waals surface area contributed by atoms with Crippen molar-refractivity contribution in [3.05, 3.63) is 23.8 Å². The van der Waals surface area contributed by atoms with Crippen LogP contribution in [0.1, 0.15) is 37.7 Å². The molecule has 0 N–H and O–H groups in total. The summed E-state index contributed by atoms with van der Waals surface area (Å²) in [6.07, 6.45) is 4.53. The number of aromatic nitrogens is 4. The predicted octanol–water partition coefficient (Wildman–Crippen LogP) is 2.76. The molecule has 1 fully saturated rings. The van der Waals surface area contributed by atoms with Crippen molar-refractivity contribution in [1.82, 2.24) is 25.1 Å². The van der Waals surface area contributed by atoms with E-state index in [9.17, 15) is 10.1 Å². The van der Waals surface area contributed by atoms with Crippen LogP contribution < -0.4 is 4.74 Å². The number of rotatable bonds is 6. The van der Waals surface area contributed by atoms with Crippen LogP contribution in [-0.4, -0.2) is 56.5 Å². The highest BCUT2D eigenvalue weighted by atomic mass is 32.2. The summed E-state index contributed by atoms with van der Waals surface area (Å²) >= 11 is 1.25. The molecule has 8 nitrogen and oxygen atoms in total. The lowest BCUT2D eigenvalue weighted by Crippen LogP contribution is -2.50. The lowest BCUT2D eigenvalue weighted by molar-refractivity contribution is -0.131. The Morgan fingerprint density at radius 2 is 2.14 bits per heavy atom. The molecule has 0 spiro atoms. The molecule has 0 bridgehead atoms. The van der Waals surface area contributed by atoms with Gasteiger partial charge in [-0.15, -0.1) is 5.10 Å². The zero-order valence-corrected chi connectivity index (χ0v) is 17.2. The van der Waals surface area contributed by atoms with E-state index in [-0.39, 0.29) is 11.7 Å². The molecule has 1 aliphatic rings. The van der Waals surface area contributed by atoms with Crippen LogP contribution in [0.2, 0.25) is 0 Å². The predicted molar refractivity (Wildman–Crippen MR) is 105 cm³/mol. The number of hydrogen-bond acceptors (Lipinski definition) is 7. The number of amides is 1. The van der Waals surface area contributed by atoms with E-state index >= 15 is 0 Å². The van der Waals surface area contributed by atoms with Crippen molar-refractivity contribution in [2.75, 3.05) is 19.9 Å². The number of methoxy groups -OCH3 is 1. The van der Waals surface area contributed by atoms with Crippen molar-refractivity contribution in [2.24, 2.45) is 0 Å². The van der Waals surface area contributed by atoms with E-state index in [1.165, 1.54) is 11.8 Å². The fourth-order valence-corrected chi connectivity index (χ4v) is 4.30. The number of carbonyl (C=O) groups is 1. The molecule has 2 aromatic rings. The first-order chi connectivity index (χ1) is 13.5. The van der Waals surface area contributed by atoms with Gasteiger partial charge in [0.2, 0.25) is 11.1 Å². The summed E-state index contributed by atoms with van der Waals surface area (Å²) in [5.41, 5.74) is 1.07. The summed E-state index contributed by atoms with van der Waals surface area (Å²) in [6, 6.07) is 8.12. The van der Waals surface area contributed by atoms with Gasteiger partial charge < -0.3 is 9.64 Å². The molecule has 0 unspecified atom stereocenters. The molecule has 0 saturated heterocycles. The summed E-state index contributed by atoms with van der Waals surface area (Å²) in [4.78, 5) is 14.4. The summed E-state index contributed by atoms with van der Waals surface area (Å²) in [6.45, 7) is 1.98. The monoisotopic (exact) mass is 400 g/mol. The maximum absolute atomic E-state index is 12.8. The number of thioether (sulfide) groups is 1. The number of nitriles is 1. The number of hydrogen-bond donors (Lipinski definition) is 0. The summed E-state index contributed by atoms with van der Waals surface area (Å²) < 4.78 is 6.99. The highest BCUT2D eigenvalue weighted by Crippen LogP contribution is 2.33. The summed E-state index contributed by atoms with van der Waals surface area (Å²) in [7, 11) is 3.32. The average molecular weight is 401 g/mol. The number of tetrazole rings is 1. The van der Waals surface area contributed by atoms with E-state index in [1.807, 2.05) is 25.1 Å². The van der Waals surface area contributed by atoms with Crippen molar-refractivity contribution < 1.29 is 9.53 Å². The van der Waals surface area contributed by atoms with Crippen LogP contribution in [0.5, 0.6) is 5.75 Å². The Morgan fingerprint density at radius 3 is 2.82 bits per heavy atom. The summed E-state index contributed by atoms with van der Waals surface area (Å²) in [5, 5.41) is 22.1. The number of ether oxygens (including phenoxy) is 1. The smallest absolute Gasteiger partial charge is 0.234 e. The fraction of sp³-hybridized carbons (Fsp3) is 0.526. The largest absolute Gasteiger partial charge is 0.494 e. The molecule has 9 heteroatoms. The van der Waals surface area contributed by atoms with Crippen LogP contribution in [0, 0.1) is 18.3 Å². The molecule has 1 aliphatic carbocycles. The van der Waals surface area contributed by atoms with Gasteiger partial charge in [0.25, 0.3) is 0 Å². The molecule has 28 heavy (non-hydrogen) atoms. The Bertz CT molecular complexity index is 885. The van der Waals surface area contributed by atoms with Gasteiger partial charge in [-0.3, -0.25) is 4.79 Å². The molecular weight excluding hydrogens is 376 g/mol. The third-order valence-corrected chi connectivity index (χ3v) is 6.14.